The summed E-state index contributed by atoms with van der Waals surface area (Å²) in [6, 6.07) is 15.6. The minimum absolute atomic E-state index is 0.179. The molecule has 0 saturated heterocycles. The van der Waals surface area contributed by atoms with Crippen LogP contribution in [0.2, 0.25) is 0 Å². The first kappa shape index (κ1) is 20.9. The fraction of sp³-hybridized carbons (Fsp3) is 0.250. The highest BCUT2D eigenvalue weighted by molar-refractivity contribution is 7.13. The highest BCUT2D eigenvalue weighted by atomic mass is 32.1. The zero-order chi connectivity index (χ0) is 22.0. The van der Waals surface area contributed by atoms with E-state index < -0.39 is 0 Å². The smallest absolute Gasteiger partial charge is 0.135 e. The summed E-state index contributed by atoms with van der Waals surface area (Å²) in [5.41, 5.74) is 3.65. The van der Waals surface area contributed by atoms with Gasteiger partial charge in [0.15, 0.2) is 0 Å². The predicted octanol–water partition coefficient (Wildman–Crippen LogP) is 5.08. The summed E-state index contributed by atoms with van der Waals surface area (Å²) in [6.45, 7) is 5.26. The summed E-state index contributed by atoms with van der Waals surface area (Å²) >= 11 is 1.50. The Labute approximate surface area is 185 Å². The third kappa shape index (κ3) is 4.41. The van der Waals surface area contributed by atoms with Crippen molar-refractivity contribution in [3.05, 3.63) is 69.7 Å². The number of nitrogens with zero attached hydrogens (tertiary/aromatic N) is 2. The van der Waals surface area contributed by atoms with Crippen LogP contribution in [0.3, 0.4) is 0 Å². The van der Waals surface area contributed by atoms with E-state index in [1.165, 1.54) is 16.9 Å². The fourth-order valence-corrected chi connectivity index (χ4v) is 4.48. The Morgan fingerprint density at radius 3 is 2.42 bits per heavy atom. The van der Waals surface area contributed by atoms with Crippen LogP contribution in [0.25, 0.3) is 16.8 Å². The van der Waals surface area contributed by atoms with Gasteiger partial charge in [-0.15, -0.1) is 11.3 Å². The SMILES string of the molecule is COc1ccc(OCCN2CC(O)=C(c3nc(-c4ccc(C)cc4)c(C)s3)C2=N)cc1. The first-order valence-electron chi connectivity index (χ1n) is 10.0. The summed E-state index contributed by atoms with van der Waals surface area (Å²) in [4.78, 5) is 7.63. The Morgan fingerprint density at radius 2 is 1.74 bits per heavy atom. The van der Waals surface area contributed by atoms with E-state index in [1.54, 1.807) is 12.0 Å². The maximum Gasteiger partial charge on any atom is 0.135 e. The molecule has 1 aromatic heterocycles. The largest absolute Gasteiger partial charge is 0.510 e. The van der Waals surface area contributed by atoms with Crippen molar-refractivity contribution >= 4 is 22.7 Å². The number of aliphatic hydroxyl groups excluding tert-OH is 1. The third-order valence-electron chi connectivity index (χ3n) is 5.21. The van der Waals surface area contributed by atoms with Gasteiger partial charge in [-0.25, -0.2) is 4.98 Å². The number of aliphatic hydroxyl groups is 1. The summed E-state index contributed by atoms with van der Waals surface area (Å²) in [5, 5.41) is 19.8. The van der Waals surface area contributed by atoms with Gasteiger partial charge in [0.25, 0.3) is 0 Å². The lowest BCUT2D eigenvalue weighted by molar-refractivity contribution is 0.265. The van der Waals surface area contributed by atoms with Gasteiger partial charge in [0, 0.05) is 10.4 Å². The van der Waals surface area contributed by atoms with Crippen molar-refractivity contribution in [1.29, 1.82) is 5.41 Å². The summed E-state index contributed by atoms with van der Waals surface area (Å²) < 4.78 is 10.9. The second-order valence-electron chi connectivity index (χ2n) is 7.41. The predicted molar refractivity (Wildman–Crippen MR) is 124 cm³/mol. The highest BCUT2D eigenvalue weighted by Crippen LogP contribution is 2.35. The fourth-order valence-electron chi connectivity index (χ4n) is 3.48. The van der Waals surface area contributed by atoms with E-state index in [1.807, 2.05) is 31.2 Å². The highest BCUT2D eigenvalue weighted by Gasteiger charge is 2.30. The number of amidine groups is 1. The zero-order valence-corrected chi connectivity index (χ0v) is 18.6. The number of hydrogen-bond donors (Lipinski definition) is 2. The molecule has 31 heavy (non-hydrogen) atoms. The molecule has 0 amide bonds. The van der Waals surface area contributed by atoms with Gasteiger partial charge in [0.2, 0.25) is 0 Å². The average Bonchev–Trinajstić information content (AvgIpc) is 3.27. The molecular formula is C24H25N3O3S. The van der Waals surface area contributed by atoms with Crippen LogP contribution >= 0.6 is 11.3 Å². The van der Waals surface area contributed by atoms with E-state index in [0.29, 0.717) is 30.3 Å². The lowest BCUT2D eigenvalue weighted by Crippen LogP contribution is -2.31. The molecule has 2 heterocycles. The van der Waals surface area contributed by atoms with E-state index in [0.717, 1.165) is 27.6 Å². The molecule has 0 saturated carbocycles. The van der Waals surface area contributed by atoms with Crippen molar-refractivity contribution in [3.63, 3.8) is 0 Å². The molecule has 0 atom stereocenters. The van der Waals surface area contributed by atoms with E-state index in [4.69, 9.17) is 19.9 Å². The first-order valence-corrected chi connectivity index (χ1v) is 10.9. The van der Waals surface area contributed by atoms with Gasteiger partial charge in [-0.2, -0.15) is 0 Å². The van der Waals surface area contributed by atoms with Crippen LogP contribution < -0.4 is 9.47 Å². The van der Waals surface area contributed by atoms with Crippen LogP contribution in [0.1, 0.15) is 15.4 Å². The van der Waals surface area contributed by atoms with Crippen LogP contribution in [0.4, 0.5) is 0 Å². The number of nitrogens with one attached hydrogen (secondary N) is 1. The Morgan fingerprint density at radius 1 is 1.06 bits per heavy atom. The molecule has 0 bridgehead atoms. The molecule has 0 aliphatic carbocycles. The van der Waals surface area contributed by atoms with Gasteiger partial charge in [-0.1, -0.05) is 29.8 Å². The second kappa shape index (κ2) is 8.81. The second-order valence-corrected chi connectivity index (χ2v) is 8.61. The Kier molecular flexibility index (Phi) is 5.95. The molecule has 7 heteroatoms. The Hall–Kier alpha value is -3.32. The van der Waals surface area contributed by atoms with Gasteiger partial charge < -0.3 is 19.5 Å². The van der Waals surface area contributed by atoms with Gasteiger partial charge >= 0.3 is 0 Å². The minimum atomic E-state index is 0.179. The molecule has 6 nitrogen and oxygen atoms in total. The van der Waals surface area contributed by atoms with Crippen molar-refractivity contribution in [3.8, 4) is 22.8 Å². The molecule has 4 rings (SSSR count). The van der Waals surface area contributed by atoms with Crippen molar-refractivity contribution in [2.24, 2.45) is 0 Å². The van der Waals surface area contributed by atoms with Crippen molar-refractivity contribution in [2.75, 3.05) is 26.8 Å². The average molecular weight is 436 g/mol. The summed E-state index contributed by atoms with van der Waals surface area (Å²) in [7, 11) is 1.62. The van der Waals surface area contributed by atoms with E-state index >= 15 is 0 Å². The van der Waals surface area contributed by atoms with Gasteiger partial charge in [0.05, 0.1) is 31.5 Å². The number of methoxy groups -OCH3 is 1. The van der Waals surface area contributed by atoms with E-state index in [9.17, 15) is 5.11 Å². The first-order chi connectivity index (χ1) is 15.0. The number of aromatic nitrogens is 1. The van der Waals surface area contributed by atoms with E-state index in [2.05, 4.69) is 31.2 Å². The molecular weight excluding hydrogens is 410 g/mol. The number of aryl methyl sites for hydroxylation is 2. The van der Waals surface area contributed by atoms with E-state index in [-0.39, 0.29) is 11.6 Å². The minimum Gasteiger partial charge on any atom is -0.510 e. The molecule has 1 aliphatic heterocycles. The number of benzene rings is 2. The number of ether oxygens (including phenoxy) is 2. The maximum atomic E-state index is 10.6. The summed E-state index contributed by atoms with van der Waals surface area (Å²) in [5.74, 6) is 1.97. The van der Waals surface area contributed by atoms with Crippen molar-refractivity contribution < 1.29 is 14.6 Å². The van der Waals surface area contributed by atoms with Gasteiger partial charge in [0.1, 0.15) is 34.7 Å². The van der Waals surface area contributed by atoms with Crippen LogP contribution in [-0.4, -0.2) is 47.6 Å². The monoisotopic (exact) mass is 435 g/mol. The van der Waals surface area contributed by atoms with Crippen molar-refractivity contribution in [1.82, 2.24) is 9.88 Å². The number of hydrogen-bond acceptors (Lipinski definition) is 6. The number of rotatable bonds is 7. The maximum absolute atomic E-state index is 10.6. The third-order valence-corrected chi connectivity index (χ3v) is 6.20. The molecule has 0 spiro atoms. The van der Waals surface area contributed by atoms with Gasteiger partial charge in [-0.3, -0.25) is 5.41 Å². The lowest BCUT2D eigenvalue weighted by Gasteiger charge is -2.18. The normalized spacial score (nSPS) is 13.8. The Balaban J connectivity index is 1.43. The standard InChI is InChI=1S/C24H25N3O3S/c1-15-4-6-17(7-5-15)22-16(2)31-24(26-22)21-20(28)14-27(23(21)25)12-13-30-19-10-8-18(29-3)9-11-19/h4-11,25,28H,12-14H2,1-3H3. The van der Waals surface area contributed by atoms with Crippen LogP contribution in [0, 0.1) is 19.3 Å². The summed E-state index contributed by atoms with van der Waals surface area (Å²) in [6.07, 6.45) is 0. The molecule has 2 N–H and O–H groups in total. The van der Waals surface area contributed by atoms with Crippen LogP contribution in [0.5, 0.6) is 11.5 Å². The van der Waals surface area contributed by atoms with Crippen LogP contribution in [-0.2, 0) is 0 Å². The van der Waals surface area contributed by atoms with Crippen molar-refractivity contribution in [2.45, 2.75) is 13.8 Å². The number of thiazole rings is 1. The van der Waals surface area contributed by atoms with Crippen LogP contribution in [0.15, 0.2) is 54.3 Å². The quantitative estimate of drug-likeness (QED) is 0.541. The molecule has 0 unspecified atom stereocenters. The topological polar surface area (TPSA) is 78.7 Å². The molecule has 160 valence electrons. The zero-order valence-electron chi connectivity index (χ0n) is 17.8. The van der Waals surface area contributed by atoms with Gasteiger partial charge in [-0.05, 0) is 38.1 Å². The lowest BCUT2D eigenvalue weighted by atomic mass is 10.1. The molecule has 3 aromatic rings. The Bertz CT molecular complexity index is 1120. The molecule has 0 radical (unpaired) electrons. The molecule has 2 aromatic carbocycles. The molecule has 0 fully saturated rings. The molecule has 1 aliphatic rings.